The Labute approximate surface area is 58.6 Å². The van der Waals surface area contributed by atoms with Gasteiger partial charge in [-0.15, -0.1) is 0 Å². The Morgan fingerprint density at radius 2 is 2.40 bits per heavy atom. The van der Waals surface area contributed by atoms with Crippen molar-refractivity contribution in [1.29, 1.82) is 5.41 Å². The molecule has 54 valence electrons. The number of hydrogen-bond acceptors (Lipinski definition) is 3. The molecule has 0 unspecified atom stereocenters. The summed E-state index contributed by atoms with van der Waals surface area (Å²) in [5.74, 6) is 0. The minimum absolute atomic E-state index is 0.218. The highest BCUT2D eigenvalue weighted by molar-refractivity contribution is 4.95. The molecule has 0 aromatic carbocycles. The van der Waals surface area contributed by atoms with Crippen molar-refractivity contribution in [3.8, 4) is 6.01 Å². The molecule has 0 aliphatic rings. The average molecular weight is 139 g/mol. The van der Waals surface area contributed by atoms with E-state index >= 15 is 0 Å². The number of methoxy groups -OCH3 is 1. The molecule has 10 heavy (non-hydrogen) atoms. The number of nitrogens with zero attached hydrogens (tertiary/aromatic N) is 2. The molecule has 0 bridgehead atoms. The number of ether oxygens (including phenoxy) is 1. The Bertz CT molecular complexity index is 279. The third-order valence-corrected chi connectivity index (χ3v) is 1.16. The maximum Gasteiger partial charge on any atom is 0.297 e. The summed E-state index contributed by atoms with van der Waals surface area (Å²) in [5, 5.41) is 7.13. The van der Waals surface area contributed by atoms with E-state index in [2.05, 4.69) is 4.98 Å². The molecule has 0 aliphatic heterocycles. The molecule has 1 heterocycles. The number of aromatic nitrogens is 2. The summed E-state index contributed by atoms with van der Waals surface area (Å²) in [4.78, 5) is 3.80. The van der Waals surface area contributed by atoms with Crippen LogP contribution in [0.25, 0.3) is 0 Å². The zero-order valence-corrected chi connectivity index (χ0v) is 5.96. The van der Waals surface area contributed by atoms with Gasteiger partial charge < -0.3 is 9.30 Å². The van der Waals surface area contributed by atoms with Crippen LogP contribution in [0, 0.1) is 5.41 Å². The smallest absolute Gasteiger partial charge is 0.297 e. The van der Waals surface area contributed by atoms with Crippen LogP contribution in [-0.2, 0) is 7.05 Å². The van der Waals surface area contributed by atoms with Crippen LogP contribution in [0.15, 0.2) is 12.3 Å². The van der Waals surface area contributed by atoms with Crippen molar-refractivity contribution < 1.29 is 4.74 Å². The van der Waals surface area contributed by atoms with Gasteiger partial charge in [0, 0.05) is 13.2 Å². The van der Waals surface area contributed by atoms with Gasteiger partial charge in [0.1, 0.15) is 0 Å². The van der Waals surface area contributed by atoms with Crippen LogP contribution in [-0.4, -0.2) is 16.7 Å². The molecule has 0 saturated heterocycles. The van der Waals surface area contributed by atoms with Gasteiger partial charge >= 0.3 is 0 Å². The Hall–Kier alpha value is -1.32. The first kappa shape index (κ1) is 6.80. The molecule has 4 nitrogen and oxygen atoms in total. The van der Waals surface area contributed by atoms with Crippen LogP contribution < -0.4 is 10.2 Å². The van der Waals surface area contributed by atoms with Crippen LogP contribution in [0.2, 0.25) is 0 Å². The fraction of sp³-hybridized carbons (Fsp3) is 0.333. The first-order chi connectivity index (χ1) is 4.74. The van der Waals surface area contributed by atoms with Gasteiger partial charge in [0.15, 0.2) is 5.49 Å². The van der Waals surface area contributed by atoms with Gasteiger partial charge in [-0.25, -0.2) is 0 Å². The van der Waals surface area contributed by atoms with Crippen molar-refractivity contribution in [3.05, 3.63) is 17.8 Å². The monoisotopic (exact) mass is 139 g/mol. The van der Waals surface area contributed by atoms with Crippen molar-refractivity contribution in [2.24, 2.45) is 7.05 Å². The van der Waals surface area contributed by atoms with Gasteiger partial charge in [0.25, 0.3) is 6.01 Å². The Morgan fingerprint density at radius 1 is 1.70 bits per heavy atom. The third-order valence-electron chi connectivity index (χ3n) is 1.16. The van der Waals surface area contributed by atoms with Gasteiger partial charge in [-0.2, -0.15) is 4.98 Å². The van der Waals surface area contributed by atoms with Crippen molar-refractivity contribution in [2.75, 3.05) is 7.11 Å². The van der Waals surface area contributed by atoms with E-state index in [4.69, 9.17) is 10.1 Å². The molecule has 4 heteroatoms. The summed E-state index contributed by atoms with van der Waals surface area (Å²) in [5.41, 5.74) is 0.218. The minimum atomic E-state index is 0.218. The van der Waals surface area contributed by atoms with Crippen LogP contribution in [0.3, 0.4) is 0 Å². The summed E-state index contributed by atoms with van der Waals surface area (Å²) >= 11 is 0. The van der Waals surface area contributed by atoms with E-state index in [9.17, 15) is 0 Å². The van der Waals surface area contributed by atoms with E-state index in [0.29, 0.717) is 6.01 Å². The number of hydrogen-bond donors (Lipinski definition) is 1. The summed E-state index contributed by atoms with van der Waals surface area (Å²) < 4.78 is 6.56. The number of rotatable bonds is 1. The highest BCUT2D eigenvalue weighted by Gasteiger charge is 1.93. The maximum absolute atomic E-state index is 7.13. The van der Waals surface area contributed by atoms with E-state index in [1.807, 2.05) is 7.05 Å². The van der Waals surface area contributed by atoms with Crippen molar-refractivity contribution in [3.63, 3.8) is 0 Å². The van der Waals surface area contributed by atoms with E-state index in [1.54, 1.807) is 16.8 Å². The van der Waals surface area contributed by atoms with Crippen LogP contribution in [0.4, 0.5) is 0 Å². The molecule has 1 aromatic rings. The van der Waals surface area contributed by atoms with Gasteiger partial charge in [-0.05, 0) is 6.07 Å². The molecule has 0 spiro atoms. The van der Waals surface area contributed by atoms with Crippen molar-refractivity contribution >= 4 is 0 Å². The zero-order valence-electron chi connectivity index (χ0n) is 5.96. The Balaban J connectivity index is 3.22. The normalized spacial score (nSPS) is 9.40. The SMILES string of the molecule is COc1nc(=N)ccn1C. The maximum atomic E-state index is 7.13. The number of nitrogens with one attached hydrogen (secondary N) is 1. The van der Waals surface area contributed by atoms with Gasteiger partial charge in [-0.3, -0.25) is 5.41 Å². The van der Waals surface area contributed by atoms with Gasteiger partial charge in [0.2, 0.25) is 0 Å². The molecule has 0 fully saturated rings. The lowest BCUT2D eigenvalue weighted by Crippen LogP contribution is -2.10. The lowest BCUT2D eigenvalue weighted by atomic mass is 10.6. The quantitative estimate of drug-likeness (QED) is 0.591. The second-order valence-corrected chi connectivity index (χ2v) is 1.91. The average Bonchev–Trinajstić information content (AvgIpc) is 1.94. The van der Waals surface area contributed by atoms with Gasteiger partial charge in [0.05, 0.1) is 7.11 Å². The van der Waals surface area contributed by atoms with Crippen LogP contribution >= 0.6 is 0 Å². The van der Waals surface area contributed by atoms with Gasteiger partial charge in [-0.1, -0.05) is 0 Å². The molecule has 1 aromatic heterocycles. The molecular weight excluding hydrogens is 130 g/mol. The standard InChI is InChI=1S/C6H9N3O/c1-9-4-3-5(7)8-6(9)10-2/h3-4,7H,1-2H3. The first-order valence-electron chi connectivity index (χ1n) is 2.86. The number of aryl methyl sites for hydroxylation is 1. The predicted octanol–water partition coefficient (Wildman–Crippen LogP) is -0.0918. The van der Waals surface area contributed by atoms with Crippen LogP contribution in [0.1, 0.15) is 0 Å². The summed E-state index contributed by atoms with van der Waals surface area (Å²) in [6.07, 6.45) is 1.73. The summed E-state index contributed by atoms with van der Waals surface area (Å²) in [6.45, 7) is 0. The summed E-state index contributed by atoms with van der Waals surface area (Å²) in [7, 11) is 3.34. The molecule has 0 atom stereocenters. The van der Waals surface area contributed by atoms with Crippen molar-refractivity contribution in [1.82, 2.24) is 9.55 Å². The Morgan fingerprint density at radius 3 is 2.90 bits per heavy atom. The topological polar surface area (TPSA) is 50.9 Å². The second-order valence-electron chi connectivity index (χ2n) is 1.91. The minimum Gasteiger partial charge on any atom is -0.468 e. The molecule has 0 amide bonds. The van der Waals surface area contributed by atoms with E-state index < -0.39 is 0 Å². The molecule has 0 radical (unpaired) electrons. The molecule has 0 aliphatic carbocycles. The van der Waals surface area contributed by atoms with Crippen LogP contribution in [0.5, 0.6) is 6.01 Å². The highest BCUT2D eigenvalue weighted by atomic mass is 16.5. The van der Waals surface area contributed by atoms with Crippen molar-refractivity contribution in [2.45, 2.75) is 0 Å². The zero-order chi connectivity index (χ0) is 7.56. The first-order valence-corrected chi connectivity index (χ1v) is 2.86. The lowest BCUT2D eigenvalue weighted by molar-refractivity contribution is 0.357. The van der Waals surface area contributed by atoms with E-state index in [-0.39, 0.29) is 5.49 Å². The summed E-state index contributed by atoms with van der Waals surface area (Å²) in [6, 6.07) is 2.05. The lowest BCUT2D eigenvalue weighted by Gasteiger charge is -2.02. The highest BCUT2D eigenvalue weighted by Crippen LogP contribution is 1.96. The van der Waals surface area contributed by atoms with E-state index in [0.717, 1.165) is 0 Å². The molecule has 1 rings (SSSR count). The second kappa shape index (κ2) is 2.51. The van der Waals surface area contributed by atoms with E-state index in [1.165, 1.54) is 7.11 Å². The molecule has 1 N–H and O–H groups in total. The molecule has 0 saturated carbocycles. The third kappa shape index (κ3) is 1.15. The fourth-order valence-electron chi connectivity index (χ4n) is 0.655. The fourth-order valence-corrected chi connectivity index (χ4v) is 0.655. The molecular formula is C6H9N3O. The largest absolute Gasteiger partial charge is 0.468 e. The predicted molar refractivity (Wildman–Crippen MR) is 35.6 cm³/mol. The Kier molecular flexibility index (Phi) is 1.71.